The Morgan fingerprint density at radius 1 is 0.630 bits per heavy atom. The zero-order chi connectivity index (χ0) is 39.7. The molecule has 318 valence electrons. The first-order valence-electron chi connectivity index (χ1n) is 22.2. The summed E-state index contributed by atoms with van der Waals surface area (Å²) in [5.41, 5.74) is 0. The zero-order valence-corrected chi connectivity index (χ0v) is 34.3. The largest absolute Gasteiger partial charge is 0.394 e. The lowest BCUT2D eigenvalue weighted by Crippen LogP contribution is -2.60. The van der Waals surface area contributed by atoms with Crippen LogP contribution in [0.4, 0.5) is 0 Å². The van der Waals surface area contributed by atoms with Crippen LogP contribution < -0.4 is 5.32 Å². The van der Waals surface area contributed by atoms with Crippen LogP contribution in [0.3, 0.4) is 0 Å². The van der Waals surface area contributed by atoms with Gasteiger partial charge in [0.15, 0.2) is 6.29 Å². The molecular weight excluding hydrogens is 686 g/mol. The third-order valence-corrected chi connectivity index (χ3v) is 10.6. The van der Waals surface area contributed by atoms with Gasteiger partial charge in [-0.1, -0.05) is 167 Å². The van der Waals surface area contributed by atoms with Crippen molar-refractivity contribution in [1.29, 1.82) is 0 Å². The van der Waals surface area contributed by atoms with Gasteiger partial charge in [0.25, 0.3) is 0 Å². The molecule has 7 N–H and O–H groups in total. The highest BCUT2D eigenvalue weighted by atomic mass is 16.7. The number of carbonyl (C=O) groups excluding carboxylic acids is 1. The Hall–Kier alpha value is -1.37. The van der Waals surface area contributed by atoms with E-state index in [1.807, 2.05) is 6.08 Å². The molecule has 0 aromatic rings. The quantitative estimate of drug-likeness (QED) is 0.0250. The zero-order valence-electron chi connectivity index (χ0n) is 34.3. The predicted octanol–water partition coefficient (Wildman–Crippen LogP) is 7.69. The van der Waals surface area contributed by atoms with E-state index >= 15 is 0 Å². The van der Waals surface area contributed by atoms with E-state index in [4.69, 9.17) is 9.47 Å². The second kappa shape index (κ2) is 34.8. The number of aliphatic hydroxyl groups is 6. The molecule has 0 bridgehead atoms. The highest BCUT2D eigenvalue weighted by Crippen LogP contribution is 2.22. The molecule has 0 spiro atoms. The molecule has 1 heterocycles. The number of carbonyl (C=O) groups is 1. The first-order chi connectivity index (χ1) is 26.3. The van der Waals surface area contributed by atoms with E-state index in [0.717, 1.165) is 57.8 Å². The Balaban J connectivity index is 2.46. The standard InChI is InChI=1S/C44H83NO9/c1-3-5-7-9-11-13-15-17-18-19-20-21-23-24-26-28-30-32-37(47)36(35-53-44-42(51)41(50)40(49)39(34-46)54-44)45-43(52)38(48)33-31-29-27-25-22-16-14-12-10-8-6-4-2/h17-18,30,32,36-42,44,46-51H,3-16,19-29,31,33-35H2,1-2H3,(H,45,52)/b18-17-,32-30+/t36?,37?,38?,39-,40-,41+,42-,44-/m1/s1. The minimum Gasteiger partial charge on any atom is -0.394 e. The number of allylic oxidation sites excluding steroid dienone is 3. The average Bonchev–Trinajstić information content (AvgIpc) is 3.17. The molecule has 10 heteroatoms. The summed E-state index contributed by atoms with van der Waals surface area (Å²) < 4.78 is 11.1. The van der Waals surface area contributed by atoms with Gasteiger partial charge in [-0.25, -0.2) is 0 Å². The van der Waals surface area contributed by atoms with Gasteiger partial charge < -0.3 is 45.4 Å². The van der Waals surface area contributed by atoms with Gasteiger partial charge in [-0.3, -0.25) is 4.79 Å². The fourth-order valence-corrected chi connectivity index (χ4v) is 6.92. The minimum atomic E-state index is -1.61. The normalized spacial score (nSPS) is 22.3. The second-order valence-corrected chi connectivity index (χ2v) is 15.6. The number of aliphatic hydroxyl groups excluding tert-OH is 6. The molecule has 54 heavy (non-hydrogen) atoms. The van der Waals surface area contributed by atoms with Gasteiger partial charge >= 0.3 is 0 Å². The monoisotopic (exact) mass is 770 g/mol. The Morgan fingerprint density at radius 2 is 1.07 bits per heavy atom. The maximum absolute atomic E-state index is 13.0. The van der Waals surface area contributed by atoms with Crippen molar-refractivity contribution in [2.75, 3.05) is 13.2 Å². The molecule has 1 rings (SSSR count). The van der Waals surface area contributed by atoms with Crippen molar-refractivity contribution < 1.29 is 44.9 Å². The van der Waals surface area contributed by atoms with Crippen molar-refractivity contribution in [2.24, 2.45) is 0 Å². The lowest BCUT2D eigenvalue weighted by molar-refractivity contribution is -0.302. The molecule has 1 amide bonds. The van der Waals surface area contributed by atoms with Gasteiger partial charge in [0.05, 0.1) is 25.4 Å². The molecule has 8 atom stereocenters. The van der Waals surface area contributed by atoms with Crippen LogP contribution in [0, 0.1) is 0 Å². The van der Waals surface area contributed by atoms with Gasteiger partial charge in [0.1, 0.15) is 30.5 Å². The molecule has 1 aliphatic heterocycles. The second-order valence-electron chi connectivity index (χ2n) is 15.6. The number of ether oxygens (including phenoxy) is 2. The summed E-state index contributed by atoms with van der Waals surface area (Å²) >= 11 is 0. The van der Waals surface area contributed by atoms with Crippen molar-refractivity contribution in [3.63, 3.8) is 0 Å². The van der Waals surface area contributed by atoms with Gasteiger partial charge in [-0.15, -0.1) is 0 Å². The van der Waals surface area contributed by atoms with Crippen molar-refractivity contribution in [2.45, 2.75) is 236 Å². The third kappa shape index (κ3) is 25.0. The Kier molecular flexibility index (Phi) is 32.7. The summed E-state index contributed by atoms with van der Waals surface area (Å²) in [5, 5.41) is 64.5. The Morgan fingerprint density at radius 3 is 1.56 bits per heavy atom. The maximum Gasteiger partial charge on any atom is 0.249 e. The van der Waals surface area contributed by atoms with Crippen LogP contribution in [0.5, 0.6) is 0 Å². The Bertz CT molecular complexity index is 916. The van der Waals surface area contributed by atoms with Gasteiger partial charge in [0, 0.05) is 0 Å². The van der Waals surface area contributed by atoms with Gasteiger partial charge in [-0.05, 0) is 44.9 Å². The molecule has 1 aliphatic rings. The van der Waals surface area contributed by atoms with Crippen LogP contribution >= 0.6 is 0 Å². The Labute approximate surface area is 329 Å². The first-order valence-corrected chi connectivity index (χ1v) is 22.2. The van der Waals surface area contributed by atoms with E-state index in [1.165, 1.54) is 109 Å². The van der Waals surface area contributed by atoms with Crippen LogP contribution in [0.1, 0.15) is 187 Å². The number of unbranched alkanes of at least 4 members (excludes halogenated alkanes) is 23. The van der Waals surface area contributed by atoms with Crippen LogP contribution in [-0.2, 0) is 14.3 Å². The van der Waals surface area contributed by atoms with E-state index in [1.54, 1.807) is 6.08 Å². The fraction of sp³-hybridized carbons (Fsp3) is 0.886. The third-order valence-electron chi connectivity index (χ3n) is 10.6. The van der Waals surface area contributed by atoms with Crippen molar-refractivity contribution in [3.8, 4) is 0 Å². The van der Waals surface area contributed by atoms with Crippen LogP contribution in [-0.4, -0.2) is 98.7 Å². The highest BCUT2D eigenvalue weighted by Gasteiger charge is 2.44. The first kappa shape index (κ1) is 50.6. The van der Waals surface area contributed by atoms with E-state index in [2.05, 4.69) is 31.3 Å². The SMILES string of the molecule is CCCCCCCC/C=C\CCCCCCC/C=C/C(O)C(CO[C@@H]1O[C@H](CO)[C@@H](O)[C@H](O)[C@H]1O)NC(=O)C(O)CCCCCCCCCCCCCC. The van der Waals surface area contributed by atoms with E-state index in [-0.39, 0.29) is 6.61 Å². The van der Waals surface area contributed by atoms with Crippen molar-refractivity contribution in [3.05, 3.63) is 24.3 Å². The molecule has 0 aromatic carbocycles. The van der Waals surface area contributed by atoms with Crippen LogP contribution in [0.15, 0.2) is 24.3 Å². The summed E-state index contributed by atoms with van der Waals surface area (Å²) in [5.74, 6) is -0.620. The van der Waals surface area contributed by atoms with Crippen molar-refractivity contribution in [1.82, 2.24) is 5.32 Å². The summed E-state index contributed by atoms with van der Waals surface area (Å²) in [6.45, 7) is 3.58. The number of rotatable bonds is 36. The summed E-state index contributed by atoms with van der Waals surface area (Å²) in [4.78, 5) is 13.0. The summed E-state index contributed by atoms with van der Waals surface area (Å²) in [7, 11) is 0. The van der Waals surface area contributed by atoms with E-state index in [9.17, 15) is 35.4 Å². The topological polar surface area (TPSA) is 169 Å². The smallest absolute Gasteiger partial charge is 0.249 e. The van der Waals surface area contributed by atoms with Crippen LogP contribution in [0.2, 0.25) is 0 Å². The number of hydrogen-bond donors (Lipinski definition) is 7. The minimum absolute atomic E-state index is 0.307. The highest BCUT2D eigenvalue weighted by molar-refractivity contribution is 5.80. The summed E-state index contributed by atoms with van der Waals surface area (Å²) in [6, 6.07) is -0.980. The molecule has 0 radical (unpaired) electrons. The molecule has 3 unspecified atom stereocenters. The van der Waals surface area contributed by atoms with E-state index in [0.29, 0.717) is 6.42 Å². The lowest BCUT2D eigenvalue weighted by atomic mass is 9.99. The van der Waals surface area contributed by atoms with Gasteiger partial charge in [0.2, 0.25) is 5.91 Å². The average molecular weight is 770 g/mol. The lowest BCUT2D eigenvalue weighted by Gasteiger charge is -2.40. The molecular formula is C44H83NO9. The molecule has 1 saturated heterocycles. The maximum atomic E-state index is 13.0. The van der Waals surface area contributed by atoms with Gasteiger partial charge in [-0.2, -0.15) is 0 Å². The fourth-order valence-electron chi connectivity index (χ4n) is 6.92. The predicted molar refractivity (Wildman–Crippen MR) is 218 cm³/mol. The van der Waals surface area contributed by atoms with Crippen LogP contribution in [0.25, 0.3) is 0 Å². The molecule has 0 aromatic heterocycles. The molecule has 1 fully saturated rings. The number of amides is 1. The number of hydrogen-bond acceptors (Lipinski definition) is 9. The van der Waals surface area contributed by atoms with Crippen molar-refractivity contribution >= 4 is 5.91 Å². The molecule has 0 saturated carbocycles. The number of nitrogens with one attached hydrogen (secondary N) is 1. The molecule has 10 nitrogen and oxygen atoms in total. The molecule has 0 aliphatic carbocycles. The van der Waals surface area contributed by atoms with E-state index < -0.39 is 61.5 Å². The summed E-state index contributed by atoms with van der Waals surface area (Å²) in [6.07, 6.45) is 29.7.